The standard InChI is InChI=1S/C25H35N/c1-7-11-13-16-22(26-10-4)20-21(5)23-17-14-15-18-24(23)25(6,9-3)19-12-8-2/h7,10-17,19,24H,1,5,8-9,18,20H2,2-4,6H3/b13-11-,19-12?,22-16+,26-10-. The first-order valence-electron chi connectivity index (χ1n) is 9.71. The van der Waals surface area contributed by atoms with Crippen LogP contribution < -0.4 is 0 Å². The SMILES string of the molecule is C=C\C=C/C=C(CC(=C)C1=CC=CCC1C(C)(C=CCC)CC)/N=C\C. The molecule has 26 heavy (non-hydrogen) atoms. The summed E-state index contributed by atoms with van der Waals surface area (Å²) in [7, 11) is 0. The molecule has 140 valence electrons. The van der Waals surface area contributed by atoms with E-state index in [1.54, 1.807) is 6.08 Å². The quantitative estimate of drug-likeness (QED) is 0.219. The molecule has 1 aliphatic carbocycles. The predicted octanol–water partition coefficient (Wildman–Crippen LogP) is 7.53. The highest BCUT2D eigenvalue weighted by Crippen LogP contribution is 2.44. The molecular formula is C25H35N. The van der Waals surface area contributed by atoms with Crippen molar-refractivity contribution in [2.45, 2.75) is 53.4 Å². The van der Waals surface area contributed by atoms with Gasteiger partial charge in [0.25, 0.3) is 0 Å². The first-order valence-corrected chi connectivity index (χ1v) is 9.71. The van der Waals surface area contributed by atoms with Crippen LogP contribution in [0.25, 0.3) is 0 Å². The van der Waals surface area contributed by atoms with Gasteiger partial charge in [0.15, 0.2) is 0 Å². The Morgan fingerprint density at radius 1 is 1.35 bits per heavy atom. The van der Waals surface area contributed by atoms with Gasteiger partial charge >= 0.3 is 0 Å². The number of hydrogen-bond acceptors (Lipinski definition) is 1. The average Bonchev–Trinajstić information content (AvgIpc) is 2.66. The molecule has 0 heterocycles. The second kappa shape index (κ2) is 11.5. The number of aliphatic imine (C=N–C) groups is 1. The molecule has 0 aromatic rings. The van der Waals surface area contributed by atoms with Crippen LogP contribution in [0, 0.1) is 11.3 Å². The summed E-state index contributed by atoms with van der Waals surface area (Å²) >= 11 is 0. The lowest BCUT2D eigenvalue weighted by molar-refractivity contribution is 0.284. The largest absolute Gasteiger partial charge is 0.266 e. The maximum Gasteiger partial charge on any atom is 0.0443 e. The van der Waals surface area contributed by atoms with Crippen molar-refractivity contribution >= 4 is 6.21 Å². The lowest BCUT2D eigenvalue weighted by atomic mass is 9.66. The maximum atomic E-state index is 4.52. The van der Waals surface area contributed by atoms with Crippen molar-refractivity contribution in [2.75, 3.05) is 0 Å². The fourth-order valence-corrected chi connectivity index (χ4v) is 3.36. The second-order valence-electron chi connectivity index (χ2n) is 6.95. The van der Waals surface area contributed by atoms with Gasteiger partial charge in [0.05, 0.1) is 0 Å². The van der Waals surface area contributed by atoms with Crippen molar-refractivity contribution in [1.82, 2.24) is 0 Å². The summed E-state index contributed by atoms with van der Waals surface area (Å²) in [6, 6.07) is 0. The van der Waals surface area contributed by atoms with Gasteiger partial charge in [-0.05, 0) is 54.7 Å². The van der Waals surface area contributed by atoms with Crippen molar-refractivity contribution in [3.8, 4) is 0 Å². The molecule has 2 unspecified atom stereocenters. The zero-order chi connectivity index (χ0) is 19.4. The molecule has 1 rings (SSSR count). The number of hydrogen-bond donors (Lipinski definition) is 0. The first-order chi connectivity index (χ1) is 12.5. The summed E-state index contributed by atoms with van der Waals surface area (Å²) in [5, 5.41) is 0. The van der Waals surface area contributed by atoms with Crippen LogP contribution in [0.1, 0.15) is 53.4 Å². The van der Waals surface area contributed by atoms with E-state index in [9.17, 15) is 0 Å². The van der Waals surface area contributed by atoms with Gasteiger partial charge in [-0.1, -0.05) is 82.5 Å². The number of nitrogens with zero attached hydrogens (tertiary/aromatic N) is 1. The molecule has 0 aromatic heterocycles. The Labute approximate surface area is 161 Å². The topological polar surface area (TPSA) is 12.4 Å². The molecule has 0 fully saturated rings. The van der Waals surface area contributed by atoms with Gasteiger partial charge < -0.3 is 0 Å². The molecule has 1 aliphatic rings. The Morgan fingerprint density at radius 3 is 2.73 bits per heavy atom. The maximum absolute atomic E-state index is 4.52. The molecule has 1 heteroatoms. The van der Waals surface area contributed by atoms with Crippen LogP contribution in [0.3, 0.4) is 0 Å². The van der Waals surface area contributed by atoms with E-state index in [-0.39, 0.29) is 5.41 Å². The predicted molar refractivity (Wildman–Crippen MR) is 119 cm³/mol. The summed E-state index contributed by atoms with van der Waals surface area (Å²) in [6.45, 7) is 16.9. The zero-order valence-electron chi connectivity index (χ0n) is 17.0. The smallest absolute Gasteiger partial charge is 0.0443 e. The van der Waals surface area contributed by atoms with Gasteiger partial charge in [-0.2, -0.15) is 0 Å². The van der Waals surface area contributed by atoms with Crippen molar-refractivity contribution in [3.05, 3.63) is 84.7 Å². The van der Waals surface area contributed by atoms with Crippen LogP contribution >= 0.6 is 0 Å². The zero-order valence-corrected chi connectivity index (χ0v) is 17.0. The Morgan fingerprint density at radius 2 is 2.12 bits per heavy atom. The Hall–Kier alpha value is -2.15. The van der Waals surface area contributed by atoms with Crippen LogP contribution in [-0.4, -0.2) is 6.21 Å². The Bertz CT molecular complexity index is 652. The monoisotopic (exact) mass is 349 g/mol. The van der Waals surface area contributed by atoms with E-state index >= 15 is 0 Å². The summed E-state index contributed by atoms with van der Waals surface area (Å²) in [6.07, 6.45) is 25.0. The third kappa shape index (κ3) is 6.29. The molecule has 0 bridgehead atoms. The third-order valence-corrected chi connectivity index (χ3v) is 5.08. The molecule has 0 amide bonds. The van der Waals surface area contributed by atoms with E-state index in [1.807, 2.05) is 31.4 Å². The van der Waals surface area contributed by atoms with Crippen LogP contribution in [0.15, 0.2) is 89.7 Å². The molecule has 1 nitrogen and oxygen atoms in total. The molecule has 0 saturated heterocycles. The van der Waals surface area contributed by atoms with Crippen LogP contribution in [0.2, 0.25) is 0 Å². The highest BCUT2D eigenvalue weighted by Gasteiger charge is 2.33. The minimum absolute atomic E-state index is 0.149. The summed E-state index contributed by atoms with van der Waals surface area (Å²) in [5.74, 6) is 0.461. The van der Waals surface area contributed by atoms with E-state index in [1.165, 1.54) is 5.57 Å². The van der Waals surface area contributed by atoms with Gasteiger partial charge in [0, 0.05) is 18.3 Å². The molecular weight excluding hydrogens is 314 g/mol. The van der Waals surface area contributed by atoms with E-state index in [0.717, 1.165) is 37.0 Å². The van der Waals surface area contributed by atoms with Gasteiger partial charge in [0.2, 0.25) is 0 Å². The van der Waals surface area contributed by atoms with Gasteiger partial charge in [-0.25, -0.2) is 0 Å². The normalized spacial score (nSPS) is 20.7. The van der Waals surface area contributed by atoms with Crippen molar-refractivity contribution in [1.29, 1.82) is 0 Å². The van der Waals surface area contributed by atoms with Gasteiger partial charge in [-0.3, -0.25) is 4.99 Å². The average molecular weight is 350 g/mol. The molecule has 0 radical (unpaired) electrons. The van der Waals surface area contributed by atoms with Gasteiger partial charge in [0.1, 0.15) is 0 Å². The number of allylic oxidation sites excluding steroid dienone is 11. The summed E-state index contributed by atoms with van der Waals surface area (Å²) in [5.41, 5.74) is 3.69. The lowest BCUT2D eigenvalue weighted by Gasteiger charge is -2.38. The summed E-state index contributed by atoms with van der Waals surface area (Å²) < 4.78 is 0. The van der Waals surface area contributed by atoms with Crippen LogP contribution in [-0.2, 0) is 0 Å². The molecule has 0 aromatic carbocycles. The fraction of sp³-hybridized carbons (Fsp3) is 0.400. The summed E-state index contributed by atoms with van der Waals surface area (Å²) in [4.78, 5) is 4.52. The lowest BCUT2D eigenvalue weighted by Crippen LogP contribution is -2.28. The fourth-order valence-electron chi connectivity index (χ4n) is 3.36. The van der Waals surface area contributed by atoms with E-state index in [2.05, 4.69) is 69.3 Å². The molecule has 0 aliphatic heterocycles. The van der Waals surface area contributed by atoms with E-state index in [0.29, 0.717) is 5.92 Å². The van der Waals surface area contributed by atoms with Crippen LogP contribution in [0.5, 0.6) is 0 Å². The van der Waals surface area contributed by atoms with Crippen LogP contribution in [0.4, 0.5) is 0 Å². The van der Waals surface area contributed by atoms with Gasteiger partial charge in [-0.15, -0.1) is 0 Å². The van der Waals surface area contributed by atoms with E-state index < -0.39 is 0 Å². The highest BCUT2D eigenvalue weighted by molar-refractivity contribution is 5.56. The highest BCUT2D eigenvalue weighted by atomic mass is 14.7. The number of rotatable bonds is 10. The minimum Gasteiger partial charge on any atom is -0.266 e. The molecule has 0 saturated carbocycles. The minimum atomic E-state index is 0.149. The third-order valence-electron chi connectivity index (χ3n) is 5.08. The Balaban J connectivity index is 3.10. The molecule has 0 N–H and O–H groups in total. The van der Waals surface area contributed by atoms with Crippen molar-refractivity contribution in [2.24, 2.45) is 16.3 Å². The molecule has 0 spiro atoms. The first kappa shape index (κ1) is 21.9. The van der Waals surface area contributed by atoms with Crippen molar-refractivity contribution < 1.29 is 0 Å². The van der Waals surface area contributed by atoms with Crippen molar-refractivity contribution in [3.63, 3.8) is 0 Å². The molecule has 2 atom stereocenters. The Kier molecular flexibility index (Phi) is 9.65. The van der Waals surface area contributed by atoms with E-state index in [4.69, 9.17) is 0 Å². The second-order valence-corrected chi connectivity index (χ2v) is 6.95.